The largest absolute Gasteiger partial charge is 0.0937 e. The molecule has 3 nitrogen and oxygen atoms in total. The highest BCUT2D eigenvalue weighted by atomic mass is 28.3. The molecule has 0 aromatic heterocycles. The summed E-state index contributed by atoms with van der Waals surface area (Å²) in [5.41, 5.74) is 9.38. The van der Waals surface area contributed by atoms with E-state index in [1.165, 1.54) is 10.8 Å². The lowest BCUT2D eigenvalue weighted by Crippen LogP contribution is -2.37. The van der Waals surface area contributed by atoms with Gasteiger partial charge in [-0.15, -0.1) is 0 Å². The first-order valence-electron chi connectivity index (χ1n) is 5.82. The van der Waals surface area contributed by atoms with Crippen molar-refractivity contribution in [1.29, 1.82) is 0 Å². The maximum Gasteiger partial charge on any atom is 0.0776 e. The molecule has 1 rings (SSSR count). The van der Waals surface area contributed by atoms with Crippen LogP contribution in [0.3, 0.4) is 0 Å². The average Bonchev–Trinajstić information content (AvgIpc) is 2.28. The Hall–Kier alpha value is -1.51. The van der Waals surface area contributed by atoms with E-state index in [9.17, 15) is 0 Å². The Bertz CT molecular complexity index is 440. The van der Waals surface area contributed by atoms with Gasteiger partial charge in [0.15, 0.2) is 0 Å². The van der Waals surface area contributed by atoms with Crippen molar-refractivity contribution in [1.82, 2.24) is 0 Å². The first-order chi connectivity index (χ1) is 8.04. The zero-order valence-corrected chi connectivity index (χ0v) is 11.7. The second-order valence-corrected chi connectivity index (χ2v) is 10.1. The van der Waals surface area contributed by atoms with Gasteiger partial charge < -0.3 is 0 Å². The molecule has 0 aliphatic heterocycles. The number of benzene rings is 1. The van der Waals surface area contributed by atoms with Crippen molar-refractivity contribution in [3.63, 3.8) is 0 Å². The van der Waals surface area contributed by atoms with Crippen LogP contribution >= 0.6 is 0 Å². The Morgan fingerprint density at radius 2 is 2.12 bits per heavy atom. The summed E-state index contributed by atoms with van der Waals surface area (Å²) in [6, 6.07) is 8.69. The maximum atomic E-state index is 8.15. The highest BCUT2D eigenvalue weighted by Gasteiger charge is 2.15. The molecule has 0 radical (unpaired) electrons. The van der Waals surface area contributed by atoms with Crippen LogP contribution in [0.5, 0.6) is 0 Å². The fraction of sp³-hybridized carbons (Fsp3) is 0.385. The fourth-order valence-electron chi connectivity index (χ4n) is 1.51. The molecule has 1 aromatic carbocycles. The third kappa shape index (κ3) is 4.89. The quantitative estimate of drug-likeness (QED) is 0.248. The van der Waals surface area contributed by atoms with Crippen LogP contribution in [0.15, 0.2) is 35.5 Å². The predicted molar refractivity (Wildman–Crippen MR) is 77.1 cm³/mol. The number of hydrogen-bond acceptors (Lipinski definition) is 1. The van der Waals surface area contributed by atoms with Crippen molar-refractivity contribution in [3.8, 4) is 0 Å². The van der Waals surface area contributed by atoms with E-state index < -0.39 is 8.07 Å². The first kappa shape index (κ1) is 13.6. The van der Waals surface area contributed by atoms with Gasteiger partial charge in [-0.25, -0.2) is 0 Å². The second kappa shape index (κ2) is 6.28. The van der Waals surface area contributed by atoms with Crippen molar-refractivity contribution in [2.45, 2.75) is 26.1 Å². The number of rotatable bonds is 5. The third-order valence-electron chi connectivity index (χ3n) is 2.52. The van der Waals surface area contributed by atoms with Gasteiger partial charge in [-0.3, -0.25) is 0 Å². The number of nitrogens with zero attached hydrogens (tertiary/aromatic N) is 3. The van der Waals surface area contributed by atoms with Gasteiger partial charge in [0.2, 0.25) is 0 Å². The van der Waals surface area contributed by atoms with Gasteiger partial charge in [-0.05, 0) is 17.5 Å². The van der Waals surface area contributed by atoms with Crippen LogP contribution in [-0.2, 0) is 0 Å². The van der Waals surface area contributed by atoms with E-state index in [0.29, 0.717) is 6.54 Å². The van der Waals surface area contributed by atoms with Crippen molar-refractivity contribution in [2.75, 3.05) is 6.54 Å². The minimum absolute atomic E-state index is 0.528. The summed E-state index contributed by atoms with van der Waals surface area (Å²) in [5, 5.41) is 4.96. The highest BCUT2D eigenvalue weighted by Crippen LogP contribution is 2.07. The number of hydrogen-bond donors (Lipinski definition) is 0. The topological polar surface area (TPSA) is 48.8 Å². The Kier molecular flexibility index (Phi) is 5.00. The van der Waals surface area contributed by atoms with Crippen molar-refractivity contribution in [2.24, 2.45) is 5.11 Å². The fourth-order valence-corrected chi connectivity index (χ4v) is 2.70. The van der Waals surface area contributed by atoms with E-state index in [2.05, 4.69) is 66.1 Å². The lowest BCUT2D eigenvalue weighted by molar-refractivity contribution is 0.996. The molecule has 0 fully saturated rings. The molecule has 0 saturated heterocycles. The van der Waals surface area contributed by atoms with Gasteiger partial charge in [-0.2, -0.15) is 0 Å². The van der Waals surface area contributed by atoms with E-state index in [-0.39, 0.29) is 0 Å². The van der Waals surface area contributed by atoms with Gasteiger partial charge in [-0.1, -0.05) is 66.4 Å². The molecule has 90 valence electrons. The molecule has 0 bridgehead atoms. The molecule has 0 aliphatic carbocycles. The summed E-state index contributed by atoms with van der Waals surface area (Å²) in [7, 11) is -1.23. The van der Waals surface area contributed by atoms with Gasteiger partial charge in [0.25, 0.3) is 0 Å². The van der Waals surface area contributed by atoms with Gasteiger partial charge in [0.1, 0.15) is 0 Å². The van der Waals surface area contributed by atoms with E-state index >= 15 is 0 Å². The minimum Gasteiger partial charge on any atom is -0.0937 e. The van der Waals surface area contributed by atoms with Gasteiger partial charge in [0, 0.05) is 11.5 Å². The minimum atomic E-state index is -1.23. The molecule has 0 aliphatic rings. The summed E-state index contributed by atoms with van der Waals surface area (Å²) in [4.78, 5) is 2.72. The maximum absolute atomic E-state index is 8.15. The average molecular weight is 245 g/mol. The van der Waals surface area contributed by atoms with Crippen LogP contribution in [0.4, 0.5) is 0 Å². The van der Waals surface area contributed by atoms with Crippen LogP contribution in [0.2, 0.25) is 19.6 Å². The number of azide groups is 1. The molecule has 0 saturated carbocycles. The third-order valence-corrected chi connectivity index (χ3v) is 4.57. The van der Waals surface area contributed by atoms with E-state index in [4.69, 9.17) is 5.53 Å². The molecule has 0 amide bonds. The van der Waals surface area contributed by atoms with Gasteiger partial charge >= 0.3 is 0 Å². The lowest BCUT2D eigenvalue weighted by Gasteiger charge is -2.16. The van der Waals surface area contributed by atoms with E-state index in [1.807, 2.05) is 0 Å². The second-order valence-electron chi connectivity index (χ2n) is 5.02. The molecular formula is C13H19N3Si. The Labute approximate surface area is 104 Å². The Balaban J connectivity index is 2.69. The highest BCUT2D eigenvalue weighted by molar-refractivity contribution is 6.88. The van der Waals surface area contributed by atoms with Crippen LogP contribution in [-0.4, -0.2) is 14.6 Å². The normalized spacial score (nSPS) is 11.5. The van der Waals surface area contributed by atoms with Crippen LogP contribution < -0.4 is 5.19 Å². The molecule has 0 N–H and O–H groups in total. The molecule has 0 spiro atoms. The molecule has 0 atom stereocenters. The van der Waals surface area contributed by atoms with Crippen LogP contribution in [0.1, 0.15) is 12.0 Å². The molecule has 1 aromatic rings. The van der Waals surface area contributed by atoms with E-state index in [1.54, 1.807) is 0 Å². The zero-order chi connectivity index (χ0) is 12.7. The SMILES string of the molecule is C[Si](C)(C)c1cccc(C=CCCN=[N+]=[N-])c1. The molecule has 17 heavy (non-hydrogen) atoms. The molecule has 0 heterocycles. The first-order valence-corrected chi connectivity index (χ1v) is 9.32. The molecular weight excluding hydrogens is 226 g/mol. The van der Waals surface area contributed by atoms with E-state index in [0.717, 1.165) is 6.42 Å². The molecule has 4 heteroatoms. The monoisotopic (exact) mass is 245 g/mol. The standard InChI is InChI=1S/C13H19N3Si/c1-17(2,3)13-9-6-8-12(11-13)7-4-5-10-15-16-14/h4,6-9,11H,5,10H2,1-3H3. The van der Waals surface area contributed by atoms with Crippen LogP contribution in [0, 0.1) is 0 Å². The Morgan fingerprint density at radius 3 is 2.76 bits per heavy atom. The zero-order valence-electron chi connectivity index (χ0n) is 10.7. The van der Waals surface area contributed by atoms with Crippen molar-refractivity contribution >= 4 is 19.3 Å². The van der Waals surface area contributed by atoms with Crippen molar-refractivity contribution < 1.29 is 0 Å². The lowest BCUT2D eigenvalue weighted by atomic mass is 10.2. The van der Waals surface area contributed by atoms with Gasteiger partial charge in [0.05, 0.1) is 8.07 Å². The predicted octanol–water partition coefficient (Wildman–Crippen LogP) is 3.95. The summed E-state index contributed by atoms with van der Waals surface area (Å²) in [5.74, 6) is 0. The smallest absolute Gasteiger partial charge is 0.0776 e. The summed E-state index contributed by atoms with van der Waals surface area (Å²) >= 11 is 0. The van der Waals surface area contributed by atoms with Crippen LogP contribution in [0.25, 0.3) is 16.5 Å². The van der Waals surface area contributed by atoms with Crippen molar-refractivity contribution in [3.05, 3.63) is 46.3 Å². The molecule has 0 unspecified atom stereocenters. The summed E-state index contributed by atoms with van der Waals surface area (Å²) in [6.45, 7) is 7.56. The summed E-state index contributed by atoms with van der Waals surface area (Å²) in [6.07, 6.45) is 4.94. The summed E-state index contributed by atoms with van der Waals surface area (Å²) < 4.78 is 0. The Morgan fingerprint density at radius 1 is 1.35 bits per heavy atom.